The molecule has 0 saturated carbocycles. The number of benzene rings is 1. The van der Waals surface area contributed by atoms with Crippen molar-refractivity contribution in [1.82, 2.24) is 14.7 Å². The van der Waals surface area contributed by atoms with E-state index in [1.807, 2.05) is 0 Å². The van der Waals surface area contributed by atoms with Crippen LogP contribution in [0.3, 0.4) is 0 Å². The largest absolute Gasteiger partial charge is 0.508 e. The van der Waals surface area contributed by atoms with Crippen LogP contribution >= 0.6 is 11.3 Å². The first-order valence-corrected chi connectivity index (χ1v) is 8.05. The highest BCUT2D eigenvalue weighted by molar-refractivity contribution is 7.15. The number of phenols is 1. The number of hydrogen-bond donors (Lipinski definition) is 3. The second-order valence-electron chi connectivity index (χ2n) is 5.31. The summed E-state index contributed by atoms with van der Waals surface area (Å²) >= 11 is 1.27. The van der Waals surface area contributed by atoms with Gasteiger partial charge in [0, 0.05) is 17.3 Å². The van der Waals surface area contributed by atoms with Crippen molar-refractivity contribution in [2.45, 2.75) is 13.0 Å². The third-order valence-electron chi connectivity index (χ3n) is 3.61. The fourth-order valence-corrected chi connectivity index (χ4v) is 3.17. The molecule has 25 heavy (non-hydrogen) atoms. The van der Waals surface area contributed by atoms with Crippen molar-refractivity contribution in [1.29, 1.82) is 0 Å². The van der Waals surface area contributed by atoms with Gasteiger partial charge < -0.3 is 15.5 Å². The summed E-state index contributed by atoms with van der Waals surface area (Å²) in [4.78, 5) is 40.9. The first-order chi connectivity index (χ1) is 11.9. The summed E-state index contributed by atoms with van der Waals surface area (Å²) in [6.07, 6.45) is 1.14. The summed E-state index contributed by atoms with van der Waals surface area (Å²) in [5, 5.41) is 22.7. The molecule has 2 heterocycles. The Hall–Kier alpha value is -3.20. The first-order valence-electron chi connectivity index (χ1n) is 7.17. The molecule has 9 heteroatoms. The number of phenolic OH excluding ortho intramolecular Hbond substituents is 1. The van der Waals surface area contributed by atoms with E-state index in [1.54, 1.807) is 12.3 Å². The second-order valence-corrected chi connectivity index (χ2v) is 6.14. The number of carboxylic acids is 1. The predicted octanol–water partition coefficient (Wildman–Crippen LogP) is 1.33. The van der Waals surface area contributed by atoms with Crippen LogP contribution in [0.2, 0.25) is 0 Å². The topological polar surface area (TPSA) is 121 Å². The van der Waals surface area contributed by atoms with Crippen molar-refractivity contribution in [3.63, 3.8) is 0 Å². The minimum absolute atomic E-state index is 0.0277. The Bertz CT molecular complexity index is 1020. The van der Waals surface area contributed by atoms with Gasteiger partial charge in [-0.25, -0.2) is 9.78 Å². The molecule has 2 aromatic heterocycles. The molecule has 0 spiro atoms. The van der Waals surface area contributed by atoms with E-state index in [2.05, 4.69) is 10.3 Å². The molecular weight excluding hydrogens is 346 g/mol. The quantitative estimate of drug-likeness (QED) is 0.646. The molecule has 0 aliphatic heterocycles. The van der Waals surface area contributed by atoms with Crippen LogP contribution < -0.4 is 10.9 Å². The maximum Gasteiger partial charge on any atom is 0.330 e. The van der Waals surface area contributed by atoms with E-state index < -0.39 is 23.5 Å². The molecule has 0 fully saturated rings. The van der Waals surface area contributed by atoms with Gasteiger partial charge in [0.05, 0.1) is 0 Å². The molecule has 1 amide bonds. The third-order valence-corrected chi connectivity index (χ3v) is 4.57. The minimum Gasteiger partial charge on any atom is -0.508 e. The highest BCUT2D eigenvalue weighted by Crippen LogP contribution is 2.18. The van der Waals surface area contributed by atoms with E-state index in [0.29, 0.717) is 10.7 Å². The Labute approximate surface area is 145 Å². The number of rotatable bonds is 4. The number of amides is 1. The fraction of sp³-hybridized carbons (Fsp3) is 0.125. The molecule has 0 saturated heterocycles. The maximum atomic E-state index is 12.5. The molecule has 0 unspecified atom stereocenters. The van der Waals surface area contributed by atoms with Crippen LogP contribution in [0.15, 0.2) is 40.6 Å². The van der Waals surface area contributed by atoms with Crippen molar-refractivity contribution in [3.05, 3.63) is 63.0 Å². The maximum absolute atomic E-state index is 12.5. The summed E-state index contributed by atoms with van der Waals surface area (Å²) in [6.45, 7) is 1.71. The number of aromatic nitrogens is 2. The van der Waals surface area contributed by atoms with Gasteiger partial charge in [0.25, 0.3) is 11.5 Å². The van der Waals surface area contributed by atoms with Gasteiger partial charge >= 0.3 is 5.97 Å². The Morgan fingerprint density at radius 1 is 1.28 bits per heavy atom. The normalized spacial score (nSPS) is 12.0. The van der Waals surface area contributed by atoms with Gasteiger partial charge in [0.15, 0.2) is 11.0 Å². The lowest BCUT2D eigenvalue weighted by Crippen LogP contribution is -2.37. The van der Waals surface area contributed by atoms with Gasteiger partial charge in [0.1, 0.15) is 11.3 Å². The molecule has 3 rings (SSSR count). The number of thiazole rings is 1. The monoisotopic (exact) mass is 359 g/mol. The van der Waals surface area contributed by atoms with E-state index in [4.69, 9.17) is 0 Å². The van der Waals surface area contributed by atoms with Crippen LogP contribution in [0.1, 0.15) is 27.7 Å². The highest BCUT2D eigenvalue weighted by Gasteiger charge is 2.25. The number of fused-ring (bicyclic) bond motifs is 1. The van der Waals surface area contributed by atoms with Crippen LogP contribution in [0, 0.1) is 6.92 Å². The minimum atomic E-state index is -1.36. The van der Waals surface area contributed by atoms with Crippen molar-refractivity contribution in [2.24, 2.45) is 0 Å². The zero-order valence-electron chi connectivity index (χ0n) is 13.0. The van der Waals surface area contributed by atoms with Gasteiger partial charge in [-0.2, -0.15) is 0 Å². The molecule has 3 N–H and O–H groups in total. The van der Waals surface area contributed by atoms with Gasteiger partial charge in [-0.05, 0) is 24.6 Å². The van der Waals surface area contributed by atoms with Crippen LogP contribution in [-0.2, 0) is 4.79 Å². The molecule has 0 aliphatic carbocycles. The first kappa shape index (κ1) is 16.7. The molecule has 0 aliphatic rings. The number of nitrogens with zero attached hydrogens (tertiary/aromatic N) is 2. The molecule has 3 aromatic rings. The molecule has 0 radical (unpaired) electrons. The number of aryl methyl sites for hydroxylation is 1. The lowest BCUT2D eigenvalue weighted by Gasteiger charge is -2.14. The summed E-state index contributed by atoms with van der Waals surface area (Å²) in [6, 6.07) is 4.03. The number of carbonyl (C=O) groups is 2. The Morgan fingerprint density at radius 3 is 2.60 bits per heavy atom. The molecule has 8 nitrogen and oxygen atoms in total. The lowest BCUT2D eigenvalue weighted by atomic mass is 10.1. The lowest BCUT2D eigenvalue weighted by molar-refractivity contribution is -0.139. The van der Waals surface area contributed by atoms with Crippen molar-refractivity contribution in [3.8, 4) is 5.75 Å². The number of aromatic hydroxyl groups is 1. The van der Waals surface area contributed by atoms with Crippen molar-refractivity contribution < 1.29 is 19.8 Å². The highest BCUT2D eigenvalue weighted by atomic mass is 32.1. The van der Waals surface area contributed by atoms with Gasteiger partial charge in [-0.15, -0.1) is 11.3 Å². The van der Waals surface area contributed by atoms with Gasteiger partial charge in [-0.3, -0.25) is 14.0 Å². The van der Waals surface area contributed by atoms with E-state index >= 15 is 0 Å². The molecular formula is C16H13N3O5S. The number of carboxylic acid groups (broad SMARTS) is 1. The average molecular weight is 359 g/mol. The summed E-state index contributed by atoms with van der Waals surface area (Å²) in [5.74, 6) is -2.15. The van der Waals surface area contributed by atoms with E-state index in [-0.39, 0.29) is 16.9 Å². The number of nitrogens with one attached hydrogen (secondary N) is 1. The fourth-order valence-electron chi connectivity index (χ4n) is 2.34. The molecule has 1 aromatic carbocycles. The smallest absolute Gasteiger partial charge is 0.330 e. The Morgan fingerprint density at radius 2 is 1.96 bits per heavy atom. The Balaban J connectivity index is 1.96. The zero-order valence-corrected chi connectivity index (χ0v) is 13.8. The van der Waals surface area contributed by atoms with Gasteiger partial charge in [0.2, 0.25) is 0 Å². The number of aliphatic carboxylic acids is 1. The SMILES string of the molecule is Cc1csc2ncc(C(=O)N[C@@H](C(=O)O)c3ccc(O)cc3)c(=O)n12. The average Bonchev–Trinajstić information content (AvgIpc) is 2.95. The zero-order chi connectivity index (χ0) is 18.1. The number of carbonyl (C=O) groups excluding carboxylic acids is 1. The van der Waals surface area contributed by atoms with Crippen LogP contribution in [0.25, 0.3) is 4.96 Å². The van der Waals surface area contributed by atoms with E-state index in [0.717, 1.165) is 6.20 Å². The van der Waals surface area contributed by atoms with Crippen LogP contribution in [-0.4, -0.2) is 31.5 Å². The summed E-state index contributed by atoms with van der Waals surface area (Å²) in [5.41, 5.74) is 0.0973. The second kappa shape index (κ2) is 6.36. The third kappa shape index (κ3) is 3.09. The number of hydrogen-bond acceptors (Lipinski definition) is 6. The molecule has 0 bridgehead atoms. The van der Waals surface area contributed by atoms with Gasteiger partial charge in [-0.1, -0.05) is 12.1 Å². The summed E-state index contributed by atoms with van der Waals surface area (Å²) in [7, 11) is 0. The summed E-state index contributed by atoms with van der Waals surface area (Å²) < 4.78 is 1.30. The molecule has 1 atom stereocenters. The van der Waals surface area contributed by atoms with E-state index in [1.165, 1.54) is 40.0 Å². The molecule has 128 valence electrons. The van der Waals surface area contributed by atoms with Crippen LogP contribution in [0.5, 0.6) is 5.75 Å². The van der Waals surface area contributed by atoms with Crippen LogP contribution in [0.4, 0.5) is 0 Å². The van der Waals surface area contributed by atoms with E-state index in [9.17, 15) is 24.6 Å². The van der Waals surface area contributed by atoms with Crippen molar-refractivity contribution >= 4 is 28.2 Å². The Kier molecular flexibility index (Phi) is 4.24. The predicted molar refractivity (Wildman–Crippen MR) is 90.0 cm³/mol. The standard InChI is InChI=1S/C16H13N3O5S/c1-8-7-25-16-17-6-11(14(22)19(8)16)13(21)18-12(15(23)24)9-2-4-10(20)5-3-9/h2-7,12,20H,1H3,(H,18,21)(H,23,24)/t12-/m1/s1. The van der Waals surface area contributed by atoms with Crippen molar-refractivity contribution in [2.75, 3.05) is 0 Å².